The molecule has 3 amide bonds. The van der Waals surface area contributed by atoms with Crippen LogP contribution in [0.4, 0.5) is 4.39 Å². The minimum Gasteiger partial charge on any atom is -0.322 e. The van der Waals surface area contributed by atoms with Gasteiger partial charge in [0.05, 0.1) is 6.04 Å². The highest BCUT2D eigenvalue weighted by molar-refractivity contribution is 6.05. The third-order valence-corrected chi connectivity index (χ3v) is 8.68. The number of hydrogen-bond acceptors (Lipinski definition) is 5. The van der Waals surface area contributed by atoms with E-state index in [0.29, 0.717) is 17.7 Å². The minimum absolute atomic E-state index is 0.116. The van der Waals surface area contributed by atoms with E-state index < -0.39 is 17.8 Å². The number of nitrogens with zero attached hydrogens (tertiary/aromatic N) is 3. The van der Waals surface area contributed by atoms with Crippen LogP contribution in [0.2, 0.25) is 0 Å². The van der Waals surface area contributed by atoms with Crippen LogP contribution < -0.4 is 5.32 Å². The lowest BCUT2D eigenvalue weighted by Gasteiger charge is -2.48. The first-order valence-electron chi connectivity index (χ1n) is 14.4. The van der Waals surface area contributed by atoms with E-state index in [1.54, 1.807) is 6.07 Å². The summed E-state index contributed by atoms with van der Waals surface area (Å²) in [6.45, 7) is 6.70. The van der Waals surface area contributed by atoms with Crippen molar-refractivity contribution in [2.24, 2.45) is 0 Å². The van der Waals surface area contributed by atoms with Crippen molar-refractivity contribution in [1.29, 1.82) is 0 Å². The van der Waals surface area contributed by atoms with Crippen molar-refractivity contribution in [3.8, 4) is 0 Å². The molecule has 7 nitrogen and oxygen atoms in total. The number of carbonyl (C=O) groups is 3. The van der Waals surface area contributed by atoms with Gasteiger partial charge in [-0.05, 0) is 49.1 Å². The van der Waals surface area contributed by atoms with Crippen LogP contribution >= 0.6 is 0 Å². The summed E-state index contributed by atoms with van der Waals surface area (Å²) < 4.78 is 15.4. The van der Waals surface area contributed by atoms with E-state index in [1.165, 1.54) is 22.1 Å². The molecule has 8 heteroatoms. The van der Waals surface area contributed by atoms with Gasteiger partial charge in [0.2, 0.25) is 11.8 Å². The summed E-state index contributed by atoms with van der Waals surface area (Å²) in [4.78, 5) is 43.4. The third kappa shape index (κ3) is 5.29. The van der Waals surface area contributed by atoms with E-state index in [1.807, 2.05) is 12.1 Å². The summed E-state index contributed by atoms with van der Waals surface area (Å²) in [7, 11) is 0. The predicted molar refractivity (Wildman–Crippen MR) is 153 cm³/mol. The zero-order valence-corrected chi connectivity index (χ0v) is 23.4. The Morgan fingerprint density at radius 2 is 1.51 bits per heavy atom. The van der Waals surface area contributed by atoms with Gasteiger partial charge < -0.3 is 4.90 Å². The Hall–Kier alpha value is -3.88. The fourth-order valence-corrected chi connectivity index (χ4v) is 6.89. The maximum atomic E-state index is 15.4. The molecule has 0 saturated carbocycles. The molecule has 3 aliphatic heterocycles. The Kier molecular flexibility index (Phi) is 7.45. The lowest BCUT2D eigenvalue weighted by molar-refractivity contribution is -0.136. The zero-order valence-electron chi connectivity index (χ0n) is 23.4. The number of amides is 3. The van der Waals surface area contributed by atoms with Crippen LogP contribution in [0, 0.1) is 5.82 Å². The number of rotatable bonds is 6. The Morgan fingerprint density at radius 3 is 2.10 bits per heavy atom. The number of halogens is 1. The molecule has 0 radical (unpaired) electrons. The van der Waals surface area contributed by atoms with Gasteiger partial charge in [-0.15, -0.1) is 0 Å². The molecule has 2 fully saturated rings. The van der Waals surface area contributed by atoms with Crippen LogP contribution in [0.3, 0.4) is 0 Å². The van der Waals surface area contributed by atoms with Crippen molar-refractivity contribution in [2.45, 2.75) is 63.9 Å². The topological polar surface area (TPSA) is 73.0 Å². The summed E-state index contributed by atoms with van der Waals surface area (Å²) in [5, 5.41) is 2.31. The first-order chi connectivity index (χ1) is 19.8. The van der Waals surface area contributed by atoms with Gasteiger partial charge in [0.15, 0.2) is 0 Å². The molecule has 6 rings (SSSR count). The molecule has 0 bridgehead atoms. The average molecular weight is 555 g/mol. The van der Waals surface area contributed by atoms with Crippen molar-refractivity contribution < 1.29 is 18.8 Å². The van der Waals surface area contributed by atoms with Gasteiger partial charge in [0.1, 0.15) is 11.9 Å². The molecule has 0 spiro atoms. The van der Waals surface area contributed by atoms with Crippen LogP contribution in [0.1, 0.15) is 65.3 Å². The van der Waals surface area contributed by atoms with Crippen molar-refractivity contribution in [3.05, 3.63) is 106 Å². The summed E-state index contributed by atoms with van der Waals surface area (Å²) in [6.07, 6.45) is 0.473. The van der Waals surface area contributed by atoms with Crippen molar-refractivity contribution >= 4 is 17.7 Å². The molecule has 3 aromatic rings. The van der Waals surface area contributed by atoms with E-state index in [0.717, 1.165) is 18.7 Å². The molecule has 1 N–H and O–H groups in total. The van der Waals surface area contributed by atoms with Gasteiger partial charge in [-0.1, -0.05) is 60.7 Å². The fraction of sp³-hybridized carbons (Fsp3) is 0.364. The second kappa shape index (κ2) is 11.2. The smallest absolute Gasteiger partial charge is 0.255 e. The number of imide groups is 1. The third-order valence-electron chi connectivity index (χ3n) is 8.68. The summed E-state index contributed by atoms with van der Waals surface area (Å²) in [5.41, 5.74) is 4.08. The van der Waals surface area contributed by atoms with Crippen molar-refractivity contribution in [1.82, 2.24) is 20.0 Å². The van der Waals surface area contributed by atoms with Gasteiger partial charge in [-0.2, -0.15) is 0 Å². The SMILES string of the molecule is CC1CN(Cc2cc3c(cc2F)C(=O)N(C2CCC(=O)NC2=O)C3)CC(C)N1C(c1ccccc1)c1ccccc1. The standard InChI is InChI=1S/C33H35FN4O3/c1-21-17-36(18-22(2)38(21)31(23-9-5-3-6-10-23)24-11-7-4-8-12-24)19-26-15-25-20-37(33(41)27(25)16-28(26)34)29-13-14-30(39)35-32(29)40/h3-12,15-16,21-22,29,31H,13-14,17-20H2,1-2H3,(H,35,39,40). The predicted octanol–water partition coefficient (Wildman–Crippen LogP) is 4.27. The number of hydrogen-bond donors (Lipinski definition) is 1. The largest absolute Gasteiger partial charge is 0.322 e. The Balaban J connectivity index is 1.19. The molecule has 0 aliphatic carbocycles. The maximum absolute atomic E-state index is 15.4. The average Bonchev–Trinajstić information content (AvgIpc) is 3.26. The van der Waals surface area contributed by atoms with E-state index in [-0.39, 0.29) is 49.3 Å². The highest BCUT2D eigenvalue weighted by Crippen LogP contribution is 2.35. The van der Waals surface area contributed by atoms with E-state index in [9.17, 15) is 14.4 Å². The van der Waals surface area contributed by atoms with Crippen LogP contribution in [0.5, 0.6) is 0 Å². The van der Waals surface area contributed by atoms with Crippen LogP contribution in [-0.4, -0.2) is 63.6 Å². The molecule has 3 atom stereocenters. The minimum atomic E-state index is -0.712. The number of piperidine rings is 1. The normalized spacial score (nSPS) is 23.7. The number of piperazine rings is 1. The van der Waals surface area contributed by atoms with Gasteiger partial charge in [0.25, 0.3) is 5.91 Å². The Labute approximate surface area is 239 Å². The van der Waals surface area contributed by atoms with Crippen LogP contribution in [0.15, 0.2) is 72.8 Å². The molecule has 3 heterocycles. The summed E-state index contributed by atoms with van der Waals surface area (Å²) in [5.74, 6) is -1.56. The highest BCUT2D eigenvalue weighted by Gasteiger charge is 2.40. The van der Waals surface area contributed by atoms with Gasteiger partial charge in [-0.25, -0.2) is 4.39 Å². The van der Waals surface area contributed by atoms with Gasteiger partial charge >= 0.3 is 0 Å². The molecular weight excluding hydrogens is 519 g/mol. The van der Waals surface area contributed by atoms with Crippen molar-refractivity contribution in [3.63, 3.8) is 0 Å². The Bertz CT molecular complexity index is 1410. The molecule has 3 unspecified atom stereocenters. The second-order valence-corrected chi connectivity index (χ2v) is 11.6. The number of carbonyl (C=O) groups excluding carboxylic acids is 3. The summed E-state index contributed by atoms with van der Waals surface area (Å²) in [6, 6.07) is 24.1. The maximum Gasteiger partial charge on any atom is 0.255 e. The van der Waals surface area contributed by atoms with E-state index in [2.05, 4.69) is 77.5 Å². The quantitative estimate of drug-likeness (QED) is 0.461. The highest BCUT2D eigenvalue weighted by atomic mass is 19.1. The molecule has 3 aliphatic rings. The number of nitrogens with one attached hydrogen (secondary N) is 1. The summed E-state index contributed by atoms with van der Waals surface area (Å²) >= 11 is 0. The van der Waals surface area contributed by atoms with E-state index in [4.69, 9.17) is 0 Å². The monoisotopic (exact) mass is 554 g/mol. The van der Waals surface area contributed by atoms with Crippen LogP contribution in [-0.2, 0) is 22.7 Å². The lowest BCUT2D eigenvalue weighted by Crippen LogP contribution is -2.57. The second-order valence-electron chi connectivity index (χ2n) is 11.6. The van der Waals surface area contributed by atoms with Gasteiger partial charge in [0, 0.05) is 55.8 Å². The fourth-order valence-electron chi connectivity index (χ4n) is 6.89. The number of benzene rings is 3. The van der Waals surface area contributed by atoms with Gasteiger partial charge in [-0.3, -0.25) is 29.5 Å². The number of fused-ring (bicyclic) bond motifs is 1. The Morgan fingerprint density at radius 1 is 0.902 bits per heavy atom. The zero-order chi connectivity index (χ0) is 28.7. The molecular formula is C33H35FN4O3. The van der Waals surface area contributed by atoms with Crippen molar-refractivity contribution in [2.75, 3.05) is 13.1 Å². The molecule has 0 aromatic heterocycles. The molecule has 2 saturated heterocycles. The van der Waals surface area contributed by atoms with Crippen LogP contribution in [0.25, 0.3) is 0 Å². The molecule has 3 aromatic carbocycles. The molecule has 41 heavy (non-hydrogen) atoms. The first kappa shape index (κ1) is 27.3. The van der Waals surface area contributed by atoms with E-state index >= 15 is 4.39 Å². The molecule has 212 valence electrons. The lowest BCUT2D eigenvalue weighted by atomic mass is 9.92. The first-order valence-corrected chi connectivity index (χ1v) is 14.4.